The summed E-state index contributed by atoms with van der Waals surface area (Å²) in [7, 11) is 0. The van der Waals surface area contributed by atoms with Gasteiger partial charge in [-0.05, 0) is 31.5 Å². The number of aliphatic hydroxyl groups is 1. The van der Waals surface area contributed by atoms with Crippen LogP contribution in [-0.4, -0.2) is 11.7 Å². The summed E-state index contributed by atoms with van der Waals surface area (Å²) in [5, 5.41) is 12.5. The molecule has 0 fully saturated rings. The lowest BCUT2D eigenvalue weighted by molar-refractivity contribution is 0.514. The molecule has 0 unspecified atom stereocenters. The van der Waals surface area contributed by atoms with Crippen LogP contribution in [0.2, 0.25) is 0 Å². The fourth-order valence-corrected chi connectivity index (χ4v) is 1.25. The van der Waals surface area contributed by atoms with Gasteiger partial charge in [0.25, 0.3) is 0 Å². The minimum atomic E-state index is 0.107. The summed E-state index contributed by atoms with van der Waals surface area (Å²) >= 11 is 0. The minimum Gasteiger partial charge on any atom is -0.508 e. The number of hydrogen-bond donors (Lipinski definition) is 2. The maximum atomic E-state index is 9.29. The third-order valence-corrected chi connectivity index (χ3v) is 1.85. The van der Waals surface area contributed by atoms with Crippen molar-refractivity contribution in [2.75, 3.05) is 11.9 Å². The fourth-order valence-electron chi connectivity index (χ4n) is 1.25. The summed E-state index contributed by atoms with van der Waals surface area (Å²) in [4.78, 5) is 0. The number of aryl methyl sites for hydroxylation is 1. The van der Waals surface area contributed by atoms with Crippen LogP contribution in [0.15, 0.2) is 24.8 Å². The Bertz CT molecular complexity index is 318. The highest BCUT2D eigenvalue weighted by atomic mass is 16.3. The highest BCUT2D eigenvalue weighted by Crippen LogP contribution is 2.22. The van der Waals surface area contributed by atoms with Gasteiger partial charge in [-0.1, -0.05) is 12.6 Å². The molecule has 1 aromatic rings. The topological polar surface area (TPSA) is 32.3 Å². The van der Waals surface area contributed by atoms with Gasteiger partial charge in [-0.15, -0.1) is 0 Å². The Hall–Kier alpha value is -1.44. The van der Waals surface area contributed by atoms with Gasteiger partial charge < -0.3 is 10.4 Å². The summed E-state index contributed by atoms with van der Waals surface area (Å²) in [6.07, 6.45) is 0. The number of hydrogen-bond acceptors (Lipinski definition) is 2. The Morgan fingerprint density at radius 3 is 2.77 bits per heavy atom. The number of anilines is 1. The average Bonchev–Trinajstić information content (AvgIpc) is 2.04. The molecule has 0 aromatic heterocycles. The third-order valence-electron chi connectivity index (χ3n) is 1.85. The van der Waals surface area contributed by atoms with Gasteiger partial charge in [-0.3, -0.25) is 0 Å². The third kappa shape index (κ3) is 2.25. The molecule has 13 heavy (non-hydrogen) atoms. The molecule has 0 heterocycles. The van der Waals surface area contributed by atoms with Crippen molar-refractivity contribution in [1.82, 2.24) is 0 Å². The van der Waals surface area contributed by atoms with Crippen LogP contribution in [0.25, 0.3) is 5.76 Å². The fraction of sp³-hybridized carbons (Fsp3) is 0.273. The monoisotopic (exact) mass is 177 g/mol. The minimum absolute atomic E-state index is 0.107. The molecule has 0 bridgehead atoms. The average molecular weight is 177 g/mol. The van der Waals surface area contributed by atoms with Gasteiger partial charge >= 0.3 is 0 Å². The molecule has 70 valence electrons. The van der Waals surface area contributed by atoms with Gasteiger partial charge in [0.2, 0.25) is 0 Å². The number of nitrogens with one attached hydrogen (secondary N) is 1. The standard InChI is InChI=1S/C11H15NO/c1-4-12-11-7-8(2)5-6-10(11)9(3)13/h5-7,12-13H,3-4H2,1-2H3. The van der Waals surface area contributed by atoms with Crippen LogP contribution in [0, 0.1) is 6.92 Å². The van der Waals surface area contributed by atoms with Gasteiger partial charge in [0, 0.05) is 17.8 Å². The number of rotatable bonds is 3. The van der Waals surface area contributed by atoms with Crippen molar-refractivity contribution in [3.63, 3.8) is 0 Å². The molecule has 1 aromatic carbocycles. The Morgan fingerprint density at radius 2 is 2.23 bits per heavy atom. The molecule has 2 heteroatoms. The quantitative estimate of drug-likeness (QED) is 0.696. The van der Waals surface area contributed by atoms with Crippen LogP contribution < -0.4 is 5.32 Å². The van der Waals surface area contributed by atoms with Crippen molar-refractivity contribution in [3.8, 4) is 0 Å². The van der Waals surface area contributed by atoms with E-state index in [0.717, 1.165) is 17.8 Å². The van der Waals surface area contributed by atoms with Crippen LogP contribution in [0.1, 0.15) is 18.1 Å². The zero-order valence-corrected chi connectivity index (χ0v) is 8.09. The van der Waals surface area contributed by atoms with Crippen LogP contribution in [0.5, 0.6) is 0 Å². The molecular formula is C11H15NO. The first-order valence-electron chi connectivity index (χ1n) is 4.38. The lowest BCUT2D eigenvalue weighted by Crippen LogP contribution is -2.00. The second-order valence-electron chi connectivity index (χ2n) is 3.03. The van der Waals surface area contributed by atoms with Crippen LogP contribution in [0.3, 0.4) is 0 Å². The lowest BCUT2D eigenvalue weighted by atomic mass is 10.1. The van der Waals surface area contributed by atoms with E-state index in [4.69, 9.17) is 0 Å². The molecule has 0 spiro atoms. The van der Waals surface area contributed by atoms with Crippen molar-refractivity contribution in [1.29, 1.82) is 0 Å². The first-order chi connectivity index (χ1) is 6.15. The molecule has 0 saturated carbocycles. The molecule has 0 amide bonds. The van der Waals surface area contributed by atoms with E-state index in [2.05, 4.69) is 11.9 Å². The molecule has 2 nitrogen and oxygen atoms in total. The summed E-state index contributed by atoms with van der Waals surface area (Å²) in [5.41, 5.74) is 2.88. The Labute approximate surface area is 78.9 Å². The largest absolute Gasteiger partial charge is 0.508 e. The Kier molecular flexibility index (Phi) is 2.96. The van der Waals surface area contributed by atoms with E-state index in [9.17, 15) is 5.11 Å². The van der Waals surface area contributed by atoms with Crippen molar-refractivity contribution in [2.45, 2.75) is 13.8 Å². The Balaban J connectivity index is 3.10. The van der Waals surface area contributed by atoms with E-state index >= 15 is 0 Å². The summed E-state index contributed by atoms with van der Waals surface area (Å²) < 4.78 is 0. The van der Waals surface area contributed by atoms with Crippen molar-refractivity contribution in [2.24, 2.45) is 0 Å². The van der Waals surface area contributed by atoms with Crippen LogP contribution in [-0.2, 0) is 0 Å². The van der Waals surface area contributed by atoms with Gasteiger partial charge in [0.1, 0.15) is 5.76 Å². The van der Waals surface area contributed by atoms with Crippen LogP contribution >= 0.6 is 0 Å². The maximum absolute atomic E-state index is 9.29. The maximum Gasteiger partial charge on any atom is 0.117 e. The van der Waals surface area contributed by atoms with E-state index in [-0.39, 0.29) is 5.76 Å². The van der Waals surface area contributed by atoms with E-state index in [1.807, 2.05) is 32.0 Å². The van der Waals surface area contributed by atoms with E-state index < -0.39 is 0 Å². The molecular weight excluding hydrogens is 162 g/mol. The van der Waals surface area contributed by atoms with Crippen molar-refractivity contribution >= 4 is 11.4 Å². The molecule has 0 aliphatic heterocycles. The van der Waals surface area contributed by atoms with Crippen LogP contribution in [0.4, 0.5) is 5.69 Å². The van der Waals surface area contributed by atoms with E-state index in [0.29, 0.717) is 0 Å². The van der Waals surface area contributed by atoms with Crippen molar-refractivity contribution < 1.29 is 5.11 Å². The molecule has 0 atom stereocenters. The summed E-state index contributed by atoms with van der Waals surface area (Å²) in [6, 6.07) is 5.83. The Morgan fingerprint density at radius 1 is 1.54 bits per heavy atom. The number of benzene rings is 1. The predicted octanol–water partition coefficient (Wildman–Crippen LogP) is 2.96. The van der Waals surface area contributed by atoms with E-state index in [1.165, 1.54) is 5.56 Å². The highest BCUT2D eigenvalue weighted by Gasteiger charge is 2.03. The summed E-state index contributed by atoms with van der Waals surface area (Å²) in [6.45, 7) is 8.39. The molecule has 0 aliphatic carbocycles. The molecule has 2 N–H and O–H groups in total. The van der Waals surface area contributed by atoms with Gasteiger partial charge in [-0.25, -0.2) is 0 Å². The van der Waals surface area contributed by atoms with E-state index in [1.54, 1.807) is 0 Å². The molecule has 0 aliphatic rings. The normalized spacial score (nSPS) is 9.69. The SMILES string of the molecule is C=C(O)c1ccc(C)cc1NCC. The highest BCUT2D eigenvalue weighted by molar-refractivity contribution is 5.71. The number of aliphatic hydroxyl groups excluding tert-OH is 1. The second-order valence-corrected chi connectivity index (χ2v) is 3.03. The lowest BCUT2D eigenvalue weighted by Gasteiger charge is -2.10. The van der Waals surface area contributed by atoms with Crippen molar-refractivity contribution in [3.05, 3.63) is 35.9 Å². The van der Waals surface area contributed by atoms with Gasteiger partial charge in [-0.2, -0.15) is 0 Å². The van der Waals surface area contributed by atoms with Gasteiger partial charge in [0.15, 0.2) is 0 Å². The molecule has 1 rings (SSSR count). The zero-order valence-electron chi connectivity index (χ0n) is 8.09. The summed E-state index contributed by atoms with van der Waals surface area (Å²) in [5.74, 6) is 0.107. The first-order valence-corrected chi connectivity index (χ1v) is 4.38. The molecule has 0 saturated heterocycles. The molecule has 0 radical (unpaired) electrons. The van der Waals surface area contributed by atoms with Gasteiger partial charge in [0.05, 0.1) is 0 Å². The second kappa shape index (κ2) is 3.99. The smallest absolute Gasteiger partial charge is 0.117 e. The zero-order chi connectivity index (χ0) is 9.84. The predicted molar refractivity (Wildman–Crippen MR) is 57.0 cm³/mol. The first kappa shape index (κ1) is 9.65.